The van der Waals surface area contributed by atoms with Crippen LogP contribution in [0.2, 0.25) is 0 Å². The second kappa shape index (κ2) is 15.3. The molecule has 0 fully saturated rings. The molecule has 0 radical (unpaired) electrons. The fourth-order valence-electron chi connectivity index (χ4n) is 3.93. The number of benzene rings is 2. The Morgan fingerprint density at radius 1 is 0.641 bits per heavy atom. The van der Waals surface area contributed by atoms with Crippen molar-refractivity contribution < 1.29 is 28.7 Å². The highest BCUT2D eigenvalue weighted by atomic mass is 16.5. The quantitative estimate of drug-likeness (QED) is 0.186. The number of hydrogen-bond acceptors (Lipinski definition) is 6. The highest BCUT2D eigenvalue weighted by molar-refractivity contribution is 6.06. The van der Waals surface area contributed by atoms with Gasteiger partial charge < -0.3 is 20.1 Å². The van der Waals surface area contributed by atoms with Gasteiger partial charge in [0.15, 0.2) is 24.8 Å². The maximum Gasteiger partial charge on any atom is 0.257 e. The van der Waals surface area contributed by atoms with Gasteiger partial charge in [-0.2, -0.15) is 0 Å². The Kier molecular flexibility index (Phi) is 12.1. The summed E-state index contributed by atoms with van der Waals surface area (Å²) in [5.41, 5.74) is 4.37. The number of carbonyl (C=O) groups is 4. The van der Waals surface area contributed by atoms with Crippen LogP contribution < -0.4 is 20.1 Å². The lowest BCUT2D eigenvalue weighted by Crippen LogP contribution is -2.31. The van der Waals surface area contributed by atoms with Gasteiger partial charge in [-0.1, -0.05) is 13.2 Å². The molecule has 0 heterocycles. The molecule has 208 valence electrons. The van der Waals surface area contributed by atoms with Gasteiger partial charge in [0.05, 0.1) is 0 Å². The van der Waals surface area contributed by atoms with Crippen LogP contribution in [0.4, 0.5) is 0 Å². The molecule has 8 nitrogen and oxygen atoms in total. The second-order valence-corrected chi connectivity index (χ2v) is 9.20. The number of unbranched alkanes of at least 4 members (excludes halogenated alkanes) is 2. The molecule has 0 unspecified atom stereocenters. The van der Waals surface area contributed by atoms with Gasteiger partial charge in [-0.25, -0.2) is 0 Å². The SMILES string of the molecule is C=CC(=O)c1ccc(OCC(=O)NCCCCCNC(=O)COc2ccc(C(=O)C=C)c(C)c2C)c(C)c1C. The van der Waals surface area contributed by atoms with Gasteiger partial charge in [0.1, 0.15) is 11.5 Å². The first-order valence-electron chi connectivity index (χ1n) is 12.9. The molecular formula is C31H38N2O6. The molecule has 0 saturated heterocycles. The van der Waals surface area contributed by atoms with Crippen molar-refractivity contribution in [2.24, 2.45) is 0 Å². The van der Waals surface area contributed by atoms with Crippen molar-refractivity contribution in [3.8, 4) is 11.5 Å². The normalized spacial score (nSPS) is 10.4. The van der Waals surface area contributed by atoms with E-state index in [2.05, 4.69) is 23.8 Å². The van der Waals surface area contributed by atoms with E-state index < -0.39 is 0 Å². The third-order valence-corrected chi connectivity index (χ3v) is 6.59. The summed E-state index contributed by atoms with van der Waals surface area (Å²) in [6, 6.07) is 6.74. The van der Waals surface area contributed by atoms with E-state index in [1.54, 1.807) is 24.3 Å². The highest BCUT2D eigenvalue weighted by Gasteiger charge is 2.14. The minimum absolute atomic E-state index is 0.114. The van der Waals surface area contributed by atoms with E-state index in [-0.39, 0.29) is 36.6 Å². The lowest BCUT2D eigenvalue weighted by atomic mass is 9.99. The van der Waals surface area contributed by atoms with E-state index >= 15 is 0 Å². The van der Waals surface area contributed by atoms with Crippen molar-refractivity contribution in [2.45, 2.75) is 47.0 Å². The molecule has 2 N–H and O–H groups in total. The molecule has 0 aliphatic rings. The Hall–Kier alpha value is -4.20. The minimum Gasteiger partial charge on any atom is -0.483 e. The number of nitrogens with one attached hydrogen (secondary N) is 2. The summed E-state index contributed by atoms with van der Waals surface area (Å²) < 4.78 is 11.3. The molecule has 2 aromatic carbocycles. The predicted molar refractivity (Wildman–Crippen MR) is 152 cm³/mol. The molecule has 0 saturated carbocycles. The molecule has 0 bridgehead atoms. The molecule has 2 rings (SSSR count). The van der Waals surface area contributed by atoms with Gasteiger partial charge in [0, 0.05) is 24.2 Å². The molecular weight excluding hydrogens is 496 g/mol. The van der Waals surface area contributed by atoms with Crippen LogP contribution in [0.25, 0.3) is 0 Å². The zero-order chi connectivity index (χ0) is 28.9. The number of ketones is 2. The average molecular weight is 535 g/mol. The Labute approximate surface area is 230 Å². The standard InChI is InChI=1S/C31H38N2O6/c1-7-26(34)24-12-14-28(22(5)20(24)3)38-18-30(36)32-16-10-9-11-17-33-31(37)19-39-29-15-13-25(27(35)8-2)21(4)23(29)6/h7-8,12-15H,1-2,9-11,16-19H2,3-6H3,(H,32,36)(H,33,37). The monoisotopic (exact) mass is 534 g/mol. The van der Waals surface area contributed by atoms with Gasteiger partial charge >= 0.3 is 0 Å². The third-order valence-electron chi connectivity index (χ3n) is 6.59. The Morgan fingerprint density at radius 3 is 1.38 bits per heavy atom. The summed E-state index contributed by atoms with van der Waals surface area (Å²) in [6.07, 6.45) is 4.91. The van der Waals surface area contributed by atoms with Gasteiger partial charge in [-0.05, 0) is 106 Å². The summed E-state index contributed by atoms with van der Waals surface area (Å²) in [4.78, 5) is 48.0. The number of amides is 2. The number of ether oxygens (including phenoxy) is 2. The van der Waals surface area contributed by atoms with E-state index in [9.17, 15) is 19.2 Å². The Balaban J connectivity index is 1.61. The summed E-state index contributed by atoms with van der Waals surface area (Å²) in [6.45, 7) is 15.2. The molecule has 0 aliphatic carbocycles. The van der Waals surface area contributed by atoms with Gasteiger partial charge in [0.25, 0.3) is 11.8 Å². The van der Waals surface area contributed by atoms with Crippen LogP contribution in [-0.2, 0) is 9.59 Å². The molecule has 2 amide bonds. The lowest BCUT2D eigenvalue weighted by molar-refractivity contribution is -0.123. The topological polar surface area (TPSA) is 111 Å². The summed E-state index contributed by atoms with van der Waals surface area (Å²) in [7, 11) is 0. The molecule has 0 atom stereocenters. The Morgan fingerprint density at radius 2 is 1.03 bits per heavy atom. The van der Waals surface area contributed by atoms with Crippen molar-refractivity contribution in [3.63, 3.8) is 0 Å². The van der Waals surface area contributed by atoms with Crippen LogP contribution in [0.3, 0.4) is 0 Å². The molecule has 0 aromatic heterocycles. The first-order valence-corrected chi connectivity index (χ1v) is 12.9. The van der Waals surface area contributed by atoms with Crippen molar-refractivity contribution >= 4 is 23.4 Å². The second-order valence-electron chi connectivity index (χ2n) is 9.20. The van der Waals surface area contributed by atoms with Crippen molar-refractivity contribution in [1.82, 2.24) is 10.6 Å². The summed E-state index contributed by atoms with van der Waals surface area (Å²) >= 11 is 0. The molecule has 0 spiro atoms. The number of rotatable bonds is 16. The van der Waals surface area contributed by atoms with E-state index in [1.807, 2.05) is 27.7 Å². The molecule has 0 aliphatic heterocycles. The number of hydrogen-bond donors (Lipinski definition) is 2. The van der Waals surface area contributed by atoms with Crippen LogP contribution in [0.1, 0.15) is 62.2 Å². The number of carbonyl (C=O) groups excluding carboxylic acids is 4. The van der Waals surface area contributed by atoms with Crippen LogP contribution >= 0.6 is 0 Å². The summed E-state index contributed by atoms with van der Waals surface area (Å²) in [5.74, 6) is 0.374. The third kappa shape index (κ3) is 8.95. The van der Waals surface area contributed by atoms with E-state index in [1.165, 1.54) is 12.2 Å². The van der Waals surface area contributed by atoms with Gasteiger partial charge in [-0.15, -0.1) is 0 Å². The van der Waals surface area contributed by atoms with Crippen LogP contribution in [-0.4, -0.2) is 49.7 Å². The minimum atomic E-state index is -0.226. The van der Waals surface area contributed by atoms with E-state index in [4.69, 9.17) is 9.47 Å². The van der Waals surface area contributed by atoms with Crippen molar-refractivity contribution in [3.05, 3.63) is 83.0 Å². The van der Waals surface area contributed by atoms with Crippen LogP contribution in [0, 0.1) is 27.7 Å². The average Bonchev–Trinajstić information content (AvgIpc) is 2.93. The lowest BCUT2D eigenvalue weighted by Gasteiger charge is -2.13. The largest absolute Gasteiger partial charge is 0.483 e. The van der Waals surface area contributed by atoms with Crippen LogP contribution in [0.15, 0.2) is 49.6 Å². The van der Waals surface area contributed by atoms with Crippen LogP contribution in [0.5, 0.6) is 11.5 Å². The first-order chi connectivity index (χ1) is 18.6. The zero-order valence-corrected chi connectivity index (χ0v) is 23.3. The zero-order valence-electron chi connectivity index (χ0n) is 23.3. The van der Waals surface area contributed by atoms with Gasteiger partial charge in [0.2, 0.25) is 0 Å². The Bertz CT molecular complexity index is 1150. The molecule has 2 aromatic rings. The fourth-order valence-corrected chi connectivity index (χ4v) is 3.93. The summed E-state index contributed by atoms with van der Waals surface area (Å²) in [5, 5.41) is 5.65. The van der Waals surface area contributed by atoms with E-state index in [0.29, 0.717) is 35.7 Å². The maximum absolute atomic E-state index is 12.1. The van der Waals surface area contributed by atoms with Gasteiger partial charge in [-0.3, -0.25) is 19.2 Å². The predicted octanol–water partition coefficient (Wildman–Crippen LogP) is 4.52. The number of allylic oxidation sites excluding steroid dienone is 2. The van der Waals surface area contributed by atoms with Crippen molar-refractivity contribution in [2.75, 3.05) is 26.3 Å². The van der Waals surface area contributed by atoms with E-state index in [0.717, 1.165) is 41.5 Å². The fraction of sp³-hybridized carbons (Fsp3) is 0.355. The molecule has 8 heteroatoms. The maximum atomic E-state index is 12.1. The smallest absolute Gasteiger partial charge is 0.257 e. The first kappa shape index (κ1) is 31.0. The molecule has 39 heavy (non-hydrogen) atoms. The van der Waals surface area contributed by atoms with Crippen molar-refractivity contribution in [1.29, 1.82) is 0 Å². The highest BCUT2D eigenvalue weighted by Crippen LogP contribution is 2.26.